The Labute approximate surface area is 110 Å². The first-order valence-electron chi connectivity index (χ1n) is 6.50. The van der Waals surface area contributed by atoms with E-state index in [-0.39, 0.29) is 17.9 Å². The van der Waals surface area contributed by atoms with E-state index in [4.69, 9.17) is 10.5 Å². The maximum Gasteiger partial charge on any atom is 0.416 e. The van der Waals surface area contributed by atoms with Gasteiger partial charge in [0.2, 0.25) is 0 Å². The average Bonchev–Trinajstić information content (AvgIpc) is 2.26. The summed E-state index contributed by atoms with van der Waals surface area (Å²) in [5.74, 6) is 0.702. The highest BCUT2D eigenvalue weighted by Gasteiger charge is 2.33. The van der Waals surface area contributed by atoms with Crippen molar-refractivity contribution in [3.05, 3.63) is 29.3 Å². The third-order valence-corrected chi connectivity index (χ3v) is 3.59. The Hall–Kier alpha value is -1.23. The molecule has 0 spiro atoms. The van der Waals surface area contributed by atoms with E-state index in [1.807, 2.05) is 0 Å². The van der Waals surface area contributed by atoms with Gasteiger partial charge in [0.15, 0.2) is 0 Å². The van der Waals surface area contributed by atoms with Crippen molar-refractivity contribution < 1.29 is 17.9 Å². The van der Waals surface area contributed by atoms with Crippen LogP contribution in [0, 0.1) is 5.92 Å². The fraction of sp³-hybridized carbons (Fsp3) is 0.571. The summed E-state index contributed by atoms with van der Waals surface area (Å²) in [6.45, 7) is 0.508. The number of halogens is 3. The van der Waals surface area contributed by atoms with Crippen molar-refractivity contribution in [1.29, 1.82) is 0 Å². The first kappa shape index (κ1) is 14.2. The quantitative estimate of drug-likeness (QED) is 0.650. The van der Waals surface area contributed by atoms with Gasteiger partial charge in [-0.05, 0) is 30.0 Å². The Morgan fingerprint density at radius 2 is 2.00 bits per heavy atom. The molecule has 0 bridgehead atoms. The van der Waals surface area contributed by atoms with Gasteiger partial charge in [0, 0.05) is 12.3 Å². The lowest BCUT2D eigenvalue weighted by molar-refractivity contribution is -0.138. The summed E-state index contributed by atoms with van der Waals surface area (Å²) >= 11 is 0. The number of ether oxygens (including phenoxy) is 1. The van der Waals surface area contributed by atoms with Crippen molar-refractivity contribution in [1.82, 2.24) is 0 Å². The molecular formula is C14H18F3NO. The highest BCUT2D eigenvalue weighted by Crippen LogP contribution is 2.34. The van der Waals surface area contributed by atoms with Crippen molar-refractivity contribution in [2.75, 3.05) is 12.3 Å². The van der Waals surface area contributed by atoms with E-state index >= 15 is 0 Å². The Morgan fingerprint density at radius 3 is 2.58 bits per heavy atom. The molecule has 2 N–H and O–H groups in total. The third-order valence-electron chi connectivity index (χ3n) is 3.59. The van der Waals surface area contributed by atoms with Gasteiger partial charge in [-0.15, -0.1) is 0 Å². The number of hydrogen-bond acceptors (Lipinski definition) is 2. The SMILES string of the molecule is Nc1ccc(COCCC2CCC2)c(C(F)(F)F)c1. The highest BCUT2D eigenvalue weighted by atomic mass is 19.4. The lowest BCUT2D eigenvalue weighted by atomic mass is 9.83. The van der Waals surface area contributed by atoms with E-state index in [1.54, 1.807) is 0 Å². The van der Waals surface area contributed by atoms with Crippen LogP contribution in [-0.4, -0.2) is 6.61 Å². The van der Waals surface area contributed by atoms with Crippen molar-refractivity contribution in [3.63, 3.8) is 0 Å². The molecule has 1 aliphatic carbocycles. The summed E-state index contributed by atoms with van der Waals surface area (Å²) < 4.78 is 43.8. The molecule has 0 atom stereocenters. The first-order valence-corrected chi connectivity index (χ1v) is 6.50. The monoisotopic (exact) mass is 273 g/mol. The van der Waals surface area contributed by atoms with Crippen LogP contribution < -0.4 is 5.73 Å². The molecule has 2 rings (SSSR count). The Kier molecular flexibility index (Phi) is 4.34. The van der Waals surface area contributed by atoms with E-state index in [2.05, 4.69) is 0 Å². The van der Waals surface area contributed by atoms with Gasteiger partial charge in [0.05, 0.1) is 12.2 Å². The lowest BCUT2D eigenvalue weighted by Crippen LogP contribution is -2.14. The van der Waals surface area contributed by atoms with E-state index in [0.717, 1.165) is 12.5 Å². The normalized spacial score (nSPS) is 16.4. The summed E-state index contributed by atoms with van der Waals surface area (Å²) in [6, 6.07) is 3.83. The minimum Gasteiger partial charge on any atom is -0.399 e. The van der Waals surface area contributed by atoms with Gasteiger partial charge in [-0.25, -0.2) is 0 Å². The minimum absolute atomic E-state index is 0.0121. The van der Waals surface area contributed by atoms with Crippen LogP contribution in [0.5, 0.6) is 0 Å². The number of benzene rings is 1. The van der Waals surface area contributed by atoms with Gasteiger partial charge >= 0.3 is 6.18 Å². The van der Waals surface area contributed by atoms with Crippen LogP contribution in [0.1, 0.15) is 36.8 Å². The molecule has 106 valence electrons. The second-order valence-electron chi connectivity index (χ2n) is 5.05. The Morgan fingerprint density at radius 1 is 1.26 bits per heavy atom. The van der Waals surface area contributed by atoms with Gasteiger partial charge in [-0.1, -0.05) is 25.3 Å². The summed E-state index contributed by atoms with van der Waals surface area (Å²) in [4.78, 5) is 0. The Bertz CT molecular complexity index is 427. The number of alkyl halides is 3. The molecule has 1 aromatic rings. The van der Waals surface area contributed by atoms with Crippen LogP contribution in [0.2, 0.25) is 0 Å². The summed E-state index contributed by atoms with van der Waals surface area (Å²) in [5, 5.41) is 0. The standard InChI is InChI=1S/C14H18F3NO/c15-14(16,17)13-8-12(18)5-4-11(13)9-19-7-6-10-2-1-3-10/h4-5,8,10H,1-3,6-7,9,18H2. The van der Waals surface area contributed by atoms with E-state index in [1.165, 1.54) is 31.4 Å². The van der Waals surface area contributed by atoms with Crippen molar-refractivity contribution >= 4 is 5.69 Å². The predicted molar refractivity (Wildman–Crippen MR) is 67.5 cm³/mol. The molecule has 0 amide bonds. The smallest absolute Gasteiger partial charge is 0.399 e. The summed E-state index contributed by atoms with van der Waals surface area (Å²) in [7, 11) is 0. The predicted octanol–water partition coefficient (Wildman–Crippen LogP) is 3.99. The number of nitrogen functional groups attached to an aromatic ring is 1. The molecule has 1 aliphatic rings. The molecule has 0 saturated heterocycles. The second kappa shape index (κ2) is 5.82. The molecule has 2 nitrogen and oxygen atoms in total. The molecule has 1 saturated carbocycles. The number of nitrogens with two attached hydrogens (primary N) is 1. The van der Waals surface area contributed by atoms with Gasteiger partial charge in [-0.2, -0.15) is 13.2 Å². The van der Waals surface area contributed by atoms with Crippen LogP contribution >= 0.6 is 0 Å². The van der Waals surface area contributed by atoms with Gasteiger partial charge < -0.3 is 10.5 Å². The summed E-state index contributed by atoms with van der Waals surface area (Å²) in [5.41, 5.74) is 4.97. The van der Waals surface area contributed by atoms with Crippen LogP contribution in [0.15, 0.2) is 18.2 Å². The van der Waals surface area contributed by atoms with E-state index in [0.29, 0.717) is 12.5 Å². The molecule has 0 aliphatic heterocycles. The van der Waals surface area contributed by atoms with Crippen LogP contribution in [0.3, 0.4) is 0 Å². The fourth-order valence-electron chi connectivity index (χ4n) is 2.20. The van der Waals surface area contributed by atoms with Crippen LogP contribution in [0.25, 0.3) is 0 Å². The highest BCUT2D eigenvalue weighted by molar-refractivity contribution is 5.45. The van der Waals surface area contributed by atoms with Crippen LogP contribution in [-0.2, 0) is 17.5 Å². The zero-order chi connectivity index (χ0) is 13.9. The first-order chi connectivity index (χ1) is 8.97. The molecule has 1 fully saturated rings. The van der Waals surface area contributed by atoms with Crippen molar-refractivity contribution in [2.24, 2.45) is 5.92 Å². The molecule has 0 aromatic heterocycles. The lowest BCUT2D eigenvalue weighted by Gasteiger charge is -2.25. The van der Waals surface area contributed by atoms with Gasteiger partial charge in [-0.3, -0.25) is 0 Å². The number of anilines is 1. The number of rotatable bonds is 5. The van der Waals surface area contributed by atoms with Crippen molar-refractivity contribution in [3.8, 4) is 0 Å². The second-order valence-corrected chi connectivity index (χ2v) is 5.05. The largest absolute Gasteiger partial charge is 0.416 e. The molecule has 1 aromatic carbocycles. The van der Waals surface area contributed by atoms with Crippen molar-refractivity contribution in [2.45, 2.75) is 38.5 Å². The zero-order valence-electron chi connectivity index (χ0n) is 10.7. The maximum absolute atomic E-state index is 12.8. The van der Waals surface area contributed by atoms with E-state index in [9.17, 15) is 13.2 Å². The van der Waals surface area contributed by atoms with Gasteiger partial charge in [0.1, 0.15) is 0 Å². The van der Waals surface area contributed by atoms with Gasteiger partial charge in [0.25, 0.3) is 0 Å². The summed E-state index contributed by atoms with van der Waals surface area (Å²) in [6.07, 6.45) is 0.261. The zero-order valence-corrected chi connectivity index (χ0v) is 10.7. The Balaban J connectivity index is 1.91. The van der Waals surface area contributed by atoms with Crippen LogP contribution in [0.4, 0.5) is 18.9 Å². The molecular weight excluding hydrogens is 255 g/mol. The fourth-order valence-corrected chi connectivity index (χ4v) is 2.20. The molecule has 0 unspecified atom stereocenters. The average molecular weight is 273 g/mol. The minimum atomic E-state index is -4.39. The number of hydrogen-bond donors (Lipinski definition) is 1. The molecule has 0 radical (unpaired) electrons. The molecule has 5 heteroatoms. The van der Waals surface area contributed by atoms with E-state index < -0.39 is 11.7 Å². The topological polar surface area (TPSA) is 35.2 Å². The maximum atomic E-state index is 12.8. The third kappa shape index (κ3) is 3.86. The molecule has 19 heavy (non-hydrogen) atoms. The molecule has 0 heterocycles.